The molecule has 12 heteroatoms. The first kappa shape index (κ1) is 48.0. The predicted octanol–water partition coefficient (Wildman–Crippen LogP) is 13.9. The summed E-state index contributed by atoms with van der Waals surface area (Å²) in [6, 6.07) is 55.1. The molecule has 0 unspecified atom stereocenters. The summed E-state index contributed by atoms with van der Waals surface area (Å²) in [6.45, 7) is 12.8. The van der Waals surface area contributed by atoms with Crippen molar-refractivity contribution in [3.05, 3.63) is 216 Å². The van der Waals surface area contributed by atoms with E-state index < -0.39 is 0 Å². The van der Waals surface area contributed by atoms with E-state index in [-0.39, 0.29) is 42.1 Å². The summed E-state index contributed by atoms with van der Waals surface area (Å²) in [5.74, 6) is 3.54. The zero-order valence-electron chi connectivity index (χ0n) is 40.0. The van der Waals surface area contributed by atoms with Crippen LogP contribution in [0.3, 0.4) is 0 Å². The number of nitrogens with zero attached hydrogens (tertiary/aromatic N) is 8. The van der Waals surface area contributed by atoms with Crippen molar-refractivity contribution in [2.45, 2.75) is 41.5 Å². The third-order valence-corrected chi connectivity index (χ3v) is 12.7. The molecular formula is C60H44N8O2Pt2. The van der Waals surface area contributed by atoms with Crippen molar-refractivity contribution >= 4 is 32.8 Å². The second kappa shape index (κ2) is 19.5. The Labute approximate surface area is 446 Å². The van der Waals surface area contributed by atoms with Gasteiger partial charge in [0.15, 0.2) is 0 Å². The van der Waals surface area contributed by atoms with Gasteiger partial charge in [0.05, 0.1) is 0 Å². The van der Waals surface area contributed by atoms with Crippen LogP contribution in [0, 0.1) is 65.8 Å². The Morgan fingerprint density at radius 1 is 0.417 bits per heavy atom. The third kappa shape index (κ3) is 8.69. The molecule has 0 bridgehead atoms. The minimum atomic E-state index is 0. The summed E-state index contributed by atoms with van der Waals surface area (Å²) >= 11 is 0. The van der Waals surface area contributed by atoms with Crippen LogP contribution in [0.5, 0.6) is 23.0 Å². The van der Waals surface area contributed by atoms with Gasteiger partial charge >= 0.3 is 42.1 Å². The Bertz CT molecular complexity index is 3650. The molecule has 0 N–H and O–H groups in total. The number of aromatic nitrogens is 8. The smallest absolute Gasteiger partial charge is 0.509 e. The summed E-state index contributed by atoms with van der Waals surface area (Å²) in [4.78, 5) is 9.80. The molecule has 6 heterocycles. The number of aryl methyl sites for hydroxylation is 6. The number of pyridine rings is 2. The van der Waals surface area contributed by atoms with Gasteiger partial charge in [-0.2, -0.15) is 22.3 Å². The van der Waals surface area contributed by atoms with Crippen LogP contribution in [-0.4, -0.2) is 38.7 Å². The van der Waals surface area contributed by atoms with Crippen LogP contribution < -0.4 is 9.47 Å². The molecule has 0 spiro atoms. The average molecular weight is 1300 g/mol. The van der Waals surface area contributed by atoms with Crippen LogP contribution in [0.2, 0.25) is 0 Å². The molecule has 0 radical (unpaired) electrons. The standard InChI is InChI=1S/C60H44N8O2.2Pt/c1-37-25-39(3)57(40(4)26-37)43-29-45(65-23-11-21-63-65)33-49(31-43)69-47-15-17-51-53(35-47)67(55-13-7-9-19-61-55)60-52-18-16-48(36-54(52)68(59(51)60)56-14-8-10-20-62-56)70-50-32-44(30-46(34-50)66-24-12-22-64-66)58-41(5)27-38(2)28-42(58)6;;/h7-32H,1-6H3;;/q-4;2*+2. The van der Waals surface area contributed by atoms with E-state index >= 15 is 0 Å². The van der Waals surface area contributed by atoms with Crippen LogP contribution in [0.25, 0.3) is 78.1 Å². The summed E-state index contributed by atoms with van der Waals surface area (Å²) in [5.41, 5.74) is 16.4. The van der Waals surface area contributed by atoms with Gasteiger partial charge in [-0.05, 0) is 123 Å². The predicted molar refractivity (Wildman–Crippen MR) is 275 cm³/mol. The third-order valence-electron chi connectivity index (χ3n) is 12.7. The molecule has 10 nitrogen and oxygen atoms in total. The maximum atomic E-state index is 6.78. The molecule has 0 saturated heterocycles. The minimum absolute atomic E-state index is 0. The first-order valence-electron chi connectivity index (χ1n) is 23.1. The number of hydrogen-bond donors (Lipinski definition) is 0. The molecule has 0 aliphatic heterocycles. The van der Waals surface area contributed by atoms with Gasteiger partial charge in [-0.25, -0.2) is 9.97 Å². The van der Waals surface area contributed by atoms with Crippen molar-refractivity contribution in [1.82, 2.24) is 38.7 Å². The van der Waals surface area contributed by atoms with Crippen LogP contribution in [0.15, 0.2) is 159 Å². The molecule has 0 amide bonds. The molecular weight excluding hydrogens is 1250 g/mol. The van der Waals surface area contributed by atoms with Crippen LogP contribution in [0.1, 0.15) is 33.4 Å². The number of rotatable bonds is 10. The normalized spacial score (nSPS) is 11.2. The van der Waals surface area contributed by atoms with Gasteiger partial charge in [0.25, 0.3) is 0 Å². The van der Waals surface area contributed by atoms with E-state index in [1.165, 1.54) is 33.4 Å². The maximum absolute atomic E-state index is 6.78. The van der Waals surface area contributed by atoms with Crippen LogP contribution in [0.4, 0.5) is 0 Å². The van der Waals surface area contributed by atoms with Crippen LogP contribution in [-0.2, 0) is 42.1 Å². The summed E-state index contributed by atoms with van der Waals surface area (Å²) < 4.78 is 21.4. The van der Waals surface area contributed by atoms with E-state index in [1.54, 1.807) is 34.2 Å². The van der Waals surface area contributed by atoms with E-state index in [4.69, 9.17) is 19.4 Å². The molecule has 0 atom stereocenters. The molecule has 0 saturated carbocycles. The fourth-order valence-electron chi connectivity index (χ4n) is 10.2. The Kier molecular flexibility index (Phi) is 13.0. The van der Waals surface area contributed by atoms with Crippen molar-refractivity contribution < 1.29 is 51.6 Å². The Hall–Kier alpha value is -7.64. The second-order valence-electron chi connectivity index (χ2n) is 17.8. The van der Waals surface area contributed by atoms with Gasteiger partial charge in [0.2, 0.25) is 0 Å². The molecule has 12 aromatic rings. The molecule has 12 rings (SSSR count). The Morgan fingerprint density at radius 3 is 1.19 bits per heavy atom. The monoisotopic (exact) mass is 1300 g/mol. The molecule has 6 aromatic heterocycles. The largest absolute Gasteiger partial charge is 2.00 e. The topological polar surface area (TPSA) is 89.7 Å². The number of ether oxygens (including phenoxy) is 2. The fraction of sp³-hybridized carbons (Fsp3) is 0.100. The van der Waals surface area contributed by atoms with Gasteiger partial charge in [-0.15, -0.1) is 71.8 Å². The van der Waals surface area contributed by atoms with Gasteiger partial charge < -0.3 is 18.6 Å². The fourth-order valence-corrected chi connectivity index (χ4v) is 10.2. The van der Waals surface area contributed by atoms with Crippen molar-refractivity contribution in [3.8, 4) is 68.3 Å². The van der Waals surface area contributed by atoms with Gasteiger partial charge in [0.1, 0.15) is 11.6 Å². The number of fused-ring (bicyclic) bond motifs is 5. The first-order chi connectivity index (χ1) is 34.1. The van der Waals surface area contributed by atoms with E-state index in [9.17, 15) is 0 Å². The van der Waals surface area contributed by atoms with Gasteiger partial charge in [-0.1, -0.05) is 69.3 Å². The molecule has 0 aliphatic carbocycles. The van der Waals surface area contributed by atoms with Crippen LogP contribution >= 0.6 is 0 Å². The summed E-state index contributed by atoms with van der Waals surface area (Å²) in [6.07, 6.45) is 11.0. The molecule has 356 valence electrons. The SMILES string of the molecule is Cc1cc(C)c(-c2cc(Oc3[c-]c4c(cc3)c3c(c5ccc(Oc6[c-]c(-n7cccn7)cc(-c7c(C)cc(C)cc7C)c6)[c-]c5n3-c3ccccn3)n4-c3ccccn3)[c-]c(-n3cccn3)c2)c(C)c1.[Pt+2].[Pt+2]. The Balaban J connectivity index is 0.00000298. The average Bonchev–Trinajstić information content (AvgIpc) is 4.18. The minimum Gasteiger partial charge on any atom is -0.509 e. The molecule has 0 fully saturated rings. The Morgan fingerprint density at radius 2 is 0.833 bits per heavy atom. The van der Waals surface area contributed by atoms with E-state index in [0.29, 0.717) is 23.0 Å². The van der Waals surface area contributed by atoms with Crippen molar-refractivity contribution in [2.75, 3.05) is 0 Å². The van der Waals surface area contributed by atoms with E-state index in [0.717, 1.165) is 78.1 Å². The van der Waals surface area contributed by atoms with Crippen molar-refractivity contribution in [1.29, 1.82) is 0 Å². The quantitative estimate of drug-likeness (QED) is 0.127. The molecule has 72 heavy (non-hydrogen) atoms. The zero-order valence-corrected chi connectivity index (χ0v) is 44.6. The number of benzene rings is 6. The van der Waals surface area contributed by atoms with E-state index in [1.807, 2.05) is 85.2 Å². The number of hydrogen-bond acceptors (Lipinski definition) is 6. The maximum Gasteiger partial charge on any atom is 2.00 e. The molecule has 0 aliphatic rings. The second-order valence-corrected chi connectivity index (χ2v) is 17.8. The summed E-state index contributed by atoms with van der Waals surface area (Å²) in [5, 5.41) is 10.9. The summed E-state index contributed by atoms with van der Waals surface area (Å²) in [7, 11) is 0. The van der Waals surface area contributed by atoms with Gasteiger partial charge in [-0.3, -0.25) is 9.36 Å². The zero-order chi connectivity index (χ0) is 47.6. The van der Waals surface area contributed by atoms with Gasteiger partial charge in [0, 0.05) is 71.2 Å². The van der Waals surface area contributed by atoms with Crippen molar-refractivity contribution in [3.63, 3.8) is 0 Å². The van der Waals surface area contributed by atoms with E-state index in [2.05, 4.69) is 134 Å². The first-order valence-corrected chi connectivity index (χ1v) is 23.1. The van der Waals surface area contributed by atoms with Crippen molar-refractivity contribution in [2.24, 2.45) is 0 Å². The molecule has 6 aromatic carbocycles.